The number of carboxylic acids is 1. The molecule has 0 aliphatic carbocycles. The lowest BCUT2D eigenvalue weighted by Gasteiger charge is -2.39. The van der Waals surface area contributed by atoms with Gasteiger partial charge in [-0.05, 0) is 80.8 Å². The van der Waals surface area contributed by atoms with Crippen molar-refractivity contribution in [2.75, 3.05) is 65.0 Å². The summed E-state index contributed by atoms with van der Waals surface area (Å²) in [6.45, 7) is 5.76. The van der Waals surface area contributed by atoms with E-state index < -0.39 is 46.7 Å². The van der Waals surface area contributed by atoms with E-state index in [0.717, 1.165) is 11.6 Å². The number of methoxy groups -OCH3 is 2. The first-order valence-corrected chi connectivity index (χ1v) is 16.2. The van der Waals surface area contributed by atoms with Crippen LogP contribution in [0.15, 0.2) is 42.5 Å². The predicted molar refractivity (Wildman–Crippen MR) is 170 cm³/mol. The molecule has 5 rings (SSSR count). The van der Waals surface area contributed by atoms with E-state index >= 15 is 4.39 Å². The lowest BCUT2D eigenvalue weighted by atomic mass is 9.83. The van der Waals surface area contributed by atoms with E-state index in [1.807, 2.05) is 23.6 Å². The number of benzene rings is 2. The van der Waals surface area contributed by atoms with Gasteiger partial charge in [-0.15, -0.1) is 0 Å². The summed E-state index contributed by atoms with van der Waals surface area (Å²) in [7, 11) is 3.15. The first-order valence-electron chi connectivity index (χ1n) is 16.2. The van der Waals surface area contributed by atoms with Gasteiger partial charge in [0.15, 0.2) is 0 Å². The van der Waals surface area contributed by atoms with Gasteiger partial charge in [-0.2, -0.15) is 13.2 Å². The van der Waals surface area contributed by atoms with E-state index in [1.165, 1.54) is 12.1 Å². The summed E-state index contributed by atoms with van der Waals surface area (Å²) < 4.78 is 69.3. The van der Waals surface area contributed by atoms with Gasteiger partial charge in [0, 0.05) is 63.5 Å². The number of rotatable bonds is 9. The van der Waals surface area contributed by atoms with Gasteiger partial charge in [-0.25, -0.2) is 4.39 Å². The number of alkyl halides is 4. The van der Waals surface area contributed by atoms with Crippen LogP contribution in [0.5, 0.6) is 5.75 Å². The van der Waals surface area contributed by atoms with Crippen molar-refractivity contribution in [3.63, 3.8) is 0 Å². The van der Waals surface area contributed by atoms with E-state index in [-0.39, 0.29) is 25.6 Å². The first kappa shape index (κ1) is 34.9. The lowest BCUT2D eigenvalue weighted by molar-refractivity contribution is -0.146. The lowest BCUT2D eigenvalue weighted by Crippen LogP contribution is -2.54. The molecule has 2 aromatic rings. The molecule has 0 saturated carbocycles. The van der Waals surface area contributed by atoms with Gasteiger partial charge < -0.3 is 24.4 Å². The van der Waals surface area contributed by atoms with E-state index in [0.29, 0.717) is 68.9 Å². The Morgan fingerprint density at radius 3 is 2.15 bits per heavy atom. The maximum Gasteiger partial charge on any atom is 0.416 e. The molecule has 3 heterocycles. The number of hydrogen-bond donors (Lipinski definition) is 1. The minimum atomic E-state index is -4.52. The van der Waals surface area contributed by atoms with Crippen LogP contribution in [0.4, 0.5) is 23.2 Å². The molecule has 0 radical (unpaired) electrons. The maximum absolute atomic E-state index is 17.4. The summed E-state index contributed by atoms with van der Waals surface area (Å²) in [4.78, 5) is 31.0. The number of amides is 1. The van der Waals surface area contributed by atoms with Crippen molar-refractivity contribution < 1.29 is 41.7 Å². The van der Waals surface area contributed by atoms with Crippen molar-refractivity contribution in [2.45, 2.75) is 68.8 Å². The number of carbonyl (C=O) groups is 2. The van der Waals surface area contributed by atoms with Gasteiger partial charge in [0.2, 0.25) is 5.67 Å². The van der Waals surface area contributed by atoms with E-state index in [9.17, 15) is 27.9 Å². The summed E-state index contributed by atoms with van der Waals surface area (Å²) >= 11 is 0. The second-order valence-electron chi connectivity index (χ2n) is 13.8. The van der Waals surface area contributed by atoms with Crippen molar-refractivity contribution in [3.05, 3.63) is 59.2 Å². The van der Waals surface area contributed by atoms with Crippen molar-refractivity contribution >= 4 is 17.6 Å². The zero-order valence-electron chi connectivity index (χ0n) is 27.5. The van der Waals surface area contributed by atoms with Crippen LogP contribution < -0.4 is 9.64 Å². The third-order valence-electron chi connectivity index (χ3n) is 10.4. The molecule has 2 atom stereocenters. The molecule has 0 unspecified atom stereocenters. The average Bonchev–Trinajstić information content (AvgIpc) is 3.43. The highest BCUT2D eigenvalue weighted by atomic mass is 19.4. The van der Waals surface area contributed by atoms with Crippen LogP contribution in [0.3, 0.4) is 0 Å². The van der Waals surface area contributed by atoms with E-state index in [2.05, 4.69) is 0 Å². The van der Waals surface area contributed by atoms with Crippen LogP contribution in [0.2, 0.25) is 0 Å². The van der Waals surface area contributed by atoms with Gasteiger partial charge in [-0.1, -0.05) is 18.2 Å². The maximum atomic E-state index is 17.4. The molecule has 3 aliphatic heterocycles. The number of anilines is 1. The van der Waals surface area contributed by atoms with Gasteiger partial charge in [0.25, 0.3) is 5.91 Å². The minimum absolute atomic E-state index is 0.0891. The van der Waals surface area contributed by atoms with Gasteiger partial charge in [-0.3, -0.25) is 14.5 Å². The van der Waals surface area contributed by atoms with Crippen LogP contribution >= 0.6 is 0 Å². The summed E-state index contributed by atoms with van der Waals surface area (Å²) in [5.74, 6) is -2.20. The normalized spacial score (nSPS) is 23.7. The molecule has 0 spiro atoms. The molecular weight excluding hydrogens is 618 g/mol. The molecule has 12 heteroatoms. The monoisotopic (exact) mass is 663 g/mol. The fourth-order valence-corrected chi connectivity index (χ4v) is 7.51. The molecule has 258 valence electrons. The molecule has 2 aromatic carbocycles. The number of piperidine rings is 2. The molecule has 0 aromatic heterocycles. The summed E-state index contributed by atoms with van der Waals surface area (Å²) in [5.41, 5.74) is -1.55. The zero-order valence-corrected chi connectivity index (χ0v) is 27.5. The summed E-state index contributed by atoms with van der Waals surface area (Å²) in [5, 5.41) is 9.41. The topological polar surface area (TPSA) is 82.6 Å². The standard InChI is InChI=1S/C35H45F4N3O5/c1-33(2,22-46-3)42-20-29(24-5-8-27(47-4)9-6-24)34(36,21-42)32(45)41-17-11-23(12-18-41)28-10-7-26(35(37,38)39)19-30(28)40-15-13-25(14-16-40)31(43)44/h5-10,19,23,25,29H,11-18,20-22H2,1-4H3,(H,43,44)/t29-,34-/m0/s1. The number of nitrogens with zero attached hydrogens (tertiary/aromatic N) is 3. The Morgan fingerprint density at radius 2 is 1.60 bits per heavy atom. The molecule has 1 N–H and O–H groups in total. The zero-order chi connectivity index (χ0) is 34.1. The van der Waals surface area contributed by atoms with Crippen LogP contribution in [-0.4, -0.2) is 98.1 Å². The second kappa shape index (κ2) is 13.6. The summed E-state index contributed by atoms with van der Waals surface area (Å²) in [6.07, 6.45) is -2.88. The van der Waals surface area contributed by atoms with Gasteiger partial charge >= 0.3 is 12.1 Å². The minimum Gasteiger partial charge on any atom is -0.497 e. The number of carboxylic acid groups (broad SMARTS) is 1. The molecule has 3 aliphatic rings. The van der Waals surface area contributed by atoms with Crippen LogP contribution in [0, 0.1) is 5.92 Å². The Labute approximate surface area is 273 Å². The Bertz CT molecular complexity index is 1420. The molecule has 8 nitrogen and oxygen atoms in total. The molecule has 0 bridgehead atoms. The molecule has 1 amide bonds. The smallest absolute Gasteiger partial charge is 0.416 e. The Balaban J connectivity index is 1.36. The fourth-order valence-electron chi connectivity index (χ4n) is 7.51. The number of halogens is 4. The van der Waals surface area contributed by atoms with E-state index in [1.54, 1.807) is 43.4 Å². The molecule has 3 fully saturated rings. The second-order valence-corrected chi connectivity index (χ2v) is 13.8. The van der Waals surface area contributed by atoms with Crippen LogP contribution in [0.25, 0.3) is 0 Å². The van der Waals surface area contributed by atoms with Crippen molar-refractivity contribution in [2.24, 2.45) is 5.92 Å². The molecule has 3 saturated heterocycles. The van der Waals surface area contributed by atoms with Gasteiger partial charge in [0.1, 0.15) is 5.75 Å². The van der Waals surface area contributed by atoms with Crippen molar-refractivity contribution in [1.29, 1.82) is 0 Å². The average molecular weight is 664 g/mol. The van der Waals surface area contributed by atoms with Crippen molar-refractivity contribution in [1.82, 2.24) is 9.80 Å². The Hall–Kier alpha value is -3.38. The third kappa shape index (κ3) is 7.23. The number of ether oxygens (including phenoxy) is 2. The van der Waals surface area contributed by atoms with Crippen molar-refractivity contribution in [3.8, 4) is 5.75 Å². The number of likely N-dealkylation sites (tertiary alicyclic amines) is 2. The Morgan fingerprint density at radius 1 is 0.957 bits per heavy atom. The summed E-state index contributed by atoms with van der Waals surface area (Å²) in [6, 6.07) is 10.9. The number of hydrogen-bond acceptors (Lipinski definition) is 6. The highest BCUT2D eigenvalue weighted by Gasteiger charge is 2.57. The van der Waals surface area contributed by atoms with Gasteiger partial charge in [0.05, 0.1) is 25.2 Å². The first-order chi connectivity index (χ1) is 22.2. The SMILES string of the molecule is COCC(C)(C)N1C[C@@H](c2ccc(OC)cc2)[C@](F)(C(=O)N2CCC(c3ccc(C(F)(F)F)cc3N3CCC(C(=O)O)CC3)CC2)C1. The Kier molecular flexibility index (Phi) is 10.1. The highest BCUT2D eigenvalue weighted by molar-refractivity contribution is 5.87. The number of carbonyl (C=O) groups excluding carboxylic acids is 1. The number of aliphatic carboxylic acids is 1. The third-order valence-corrected chi connectivity index (χ3v) is 10.4. The highest BCUT2D eigenvalue weighted by Crippen LogP contribution is 2.45. The quantitative estimate of drug-likeness (QED) is 0.332. The van der Waals surface area contributed by atoms with Crippen LogP contribution in [-0.2, 0) is 20.5 Å². The van der Waals surface area contributed by atoms with E-state index in [4.69, 9.17) is 9.47 Å². The van der Waals surface area contributed by atoms with Crippen LogP contribution in [0.1, 0.15) is 68.1 Å². The molecular formula is C35H45F4N3O5. The molecule has 47 heavy (non-hydrogen) atoms. The largest absolute Gasteiger partial charge is 0.497 e. The fraction of sp³-hybridized carbons (Fsp3) is 0.600. The predicted octanol–water partition coefficient (Wildman–Crippen LogP) is 5.95.